The molecular formula is C15H18Br2N4O7. The van der Waals surface area contributed by atoms with Crippen LogP contribution in [0.4, 0.5) is 17.1 Å². The van der Waals surface area contributed by atoms with E-state index in [2.05, 4.69) is 41.9 Å². The number of benzene rings is 1. The molecule has 0 aliphatic carbocycles. The SMILES string of the molecule is COC(=O)CCNC(=O)c1cc([N+](=O)[O-])cc([N+](=O)[O-])c1N(CCBr)CCBr. The molecule has 0 saturated heterocycles. The lowest BCUT2D eigenvalue weighted by Gasteiger charge is -2.25. The fourth-order valence-electron chi connectivity index (χ4n) is 2.37. The first-order chi connectivity index (χ1) is 13.3. The van der Waals surface area contributed by atoms with Crippen molar-refractivity contribution in [3.05, 3.63) is 37.9 Å². The summed E-state index contributed by atoms with van der Waals surface area (Å²) in [5, 5.41) is 26.1. The highest BCUT2D eigenvalue weighted by Crippen LogP contribution is 2.36. The van der Waals surface area contributed by atoms with E-state index in [0.29, 0.717) is 23.7 Å². The number of anilines is 1. The van der Waals surface area contributed by atoms with Gasteiger partial charge in [-0.3, -0.25) is 29.8 Å². The van der Waals surface area contributed by atoms with Crippen molar-refractivity contribution in [2.45, 2.75) is 6.42 Å². The van der Waals surface area contributed by atoms with Gasteiger partial charge in [-0.1, -0.05) is 31.9 Å². The maximum atomic E-state index is 12.6. The Labute approximate surface area is 177 Å². The molecule has 13 heteroatoms. The van der Waals surface area contributed by atoms with Crippen molar-refractivity contribution in [2.75, 3.05) is 42.3 Å². The molecule has 0 saturated carbocycles. The minimum absolute atomic E-state index is 0.0231. The second-order valence-electron chi connectivity index (χ2n) is 5.32. The van der Waals surface area contributed by atoms with E-state index in [1.165, 1.54) is 7.11 Å². The number of ether oxygens (including phenoxy) is 1. The number of non-ortho nitro benzene ring substituents is 1. The predicted molar refractivity (Wildman–Crippen MR) is 109 cm³/mol. The summed E-state index contributed by atoms with van der Waals surface area (Å²) < 4.78 is 4.48. The van der Waals surface area contributed by atoms with Gasteiger partial charge in [0.25, 0.3) is 17.3 Å². The Balaban J connectivity index is 3.46. The molecule has 0 fully saturated rings. The molecular weight excluding hydrogens is 508 g/mol. The standard InChI is InChI=1S/C15H18Br2N4O7/c1-28-13(22)2-5-18-15(23)11-8-10(20(24)25)9-12(21(26)27)14(11)19(6-3-16)7-4-17/h8-9H,2-7H2,1H3,(H,18,23). The van der Waals surface area contributed by atoms with E-state index in [1.54, 1.807) is 4.90 Å². The van der Waals surface area contributed by atoms with Gasteiger partial charge < -0.3 is 15.0 Å². The number of carbonyl (C=O) groups excluding carboxylic acids is 2. The van der Waals surface area contributed by atoms with E-state index in [-0.39, 0.29) is 24.2 Å². The average molecular weight is 526 g/mol. The molecule has 1 N–H and O–H groups in total. The number of nitrogens with one attached hydrogen (secondary N) is 1. The second-order valence-corrected chi connectivity index (χ2v) is 6.91. The normalized spacial score (nSPS) is 10.2. The van der Waals surface area contributed by atoms with Gasteiger partial charge in [0.2, 0.25) is 0 Å². The summed E-state index contributed by atoms with van der Waals surface area (Å²) in [4.78, 5) is 46.6. The van der Waals surface area contributed by atoms with Gasteiger partial charge >= 0.3 is 5.97 Å². The monoisotopic (exact) mass is 524 g/mol. The summed E-state index contributed by atoms with van der Waals surface area (Å²) in [5.74, 6) is -1.31. The molecule has 154 valence electrons. The Morgan fingerprint density at radius 1 is 1.14 bits per heavy atom. The third kappa shape index (κ3) is 6.41. The highest BCUT2D eigenvalue weighted by molar-refractivity contribution is 9.09. The second kappa shape index (κ2) is 11.5. The van der Waals surface area contributed by atoms with Crippen molar-refractivity contribution in [2.24, 2.45) is 0 Å². The third-order valence-electron chi connectivity index (χ3n) is 3.59. The molecule has 1 aromatic carbocycles. The molecule has 11 nitrogen and oxygen atoms in total. The number of nitro benzene ring substituents is 2. The lowest BCUT2D eigenvalue weighted by molar-refractivity contribution is -0.393. The van der Waals surface area contributed by atoms with Crippen LogP contribution in [0.3, 0.4) is 0 Å². The summed E-state index contributed by atoms with van der Waals surface area (Å²) in [7, 11) is 1.20. The molecule has 0 unspecified atom stereocenters. The van der Waals surface area contributed by atoms with Crippen LogP contribution >= 0.6 is 31.9 Å². The average Bonchev–Trinajstić information content (AvgIpc) is 2.66. The number of hydrogen-bond acceptors (Lipinski definition) is 8. The number of hydrogen-bond donors (Lipinski definition) is 1. The van der Waals surface area contributed by atoms with Gasteiger partial charge in [0.1, 0.15) is 5.69 Å². The van der Waals surface area contributed by atoms with Crippen molar-refractivity contribution >= 4 is 60.8 Å². The Bertz CT molecular complexity index is 754. The predicted octanol–water partition coefficient (Wildman–Crippen LogP) is 2.39. The lowest BCUT2D eigenvalue weighted by atomic mass is 10.1. The van der Waals surface area contributed by atoms with Crippen LogP contribution in [0.2, 0.25) is 0 Å². The third-order valence-corrected chi connectivity index (χ3v) is 4.30. The zero-order valence-corrected chi connectivity index (χ0v) is 18.0. The zero-order chi connectivity index (χ0) is 21.3. The molecule has 1 amide bonds. The van der Waals surface area contributed by atoms with Crippen molar-refractivity contribution in [3.63, 3.8) is 0 Å². The summed E-state index contributed by atoms with van der Waals surface area (Å²) in [5.41, 5.74) is -1.36. The summed E-state index contributed by atoms with van der Waals surface area (Å²) in [6.07, 6.45) is -0.110. The van der Waals surface area contributed by atoms with E-state index in [1.807, 2.05) is 0 Å². The molecule has 0 aromatic heterocycles. The molecule has 28 heavy (non-hydrogen) atoms. The van der Waals surface area contributed by atoms with Crippen LogP contribution in [0.15, 0.2) is 12.1 Å². The Hall–Kier alpha value is -2.28. The van der Waals surface area contributed by atoms with Crippen molar-refractivity contribution < 1.29 is 24.2 Å². The number of carbonyl (C=O) groups is 2. The van der Waals surface area contributed by atoms with E-state index in [0.717, 1.165) is 12.1 Å². The van der Waals surface area contributed by atoms with Gasteiger partial charge in [-0.2, -0.15) is 0 Å². The summed E-state index contributed by atoms with van der Waals surface area (Å²) >= 11 is 6.51. The number of nitro groups is 2. The molecule has 1 aromatic rings. The Morgan fingerprint density at radius 2 is 1.75 bits per heavy atom. The Morgan fingerprint density at radius 3 is 2.21 bits per heavy atom. The van der Waals surface area contributed by atoms with Crippen LogP contribution < -0.4 is 10.2 Å². The van der Waals surface area contributed by atoms with Gasteiger partial charge in [-0.25, -0.2) is 0 Å². The van der Waals surface area contributed by atoms with Crippen LogP contribution in [-0.4, -0.2) is 59.1 Å². The van der Waals surface area contributed by atoms with E-state index in [4.69, 9.17) is 0 Å². The van der Waals surface area contributed by atoms with E-state index in [9.17, 15) is 29.8 Å². The van der Waals surface area contributed by atoms with Gasteiger partial charge in [-0.15, -0.1) is 0 Å². The Kier molecular flexibility index (Phi) is 9.79. The lowest BCUT2D eigenvalue weighted by Crippen LogP contribution is -2.33. The smallest absolute Gasteiger partial charge is 0.307 e. The molecule has 0 bridgehead atoms. The summed E-state index contributed by atoms with van der Waals surface area (Å²) in [6.45, 7) is 0.567. The van der Waals surface area contributed by atoms with E-state index >= 15 is 0 Å². The van der Waals surface area contributed by atoms with Gasteiger partial charge in [0.15, 0.2) is 0 Å². The van der Waals surface area contributed by atoms with Crippen molar-refractivity contribution in [1.29, 1.82) is 0 Å². The highest BCUT2D eigenvalue weighted by atomic mass is 79.9. The fraction of sp³-hybridized carbons (Fsp3) is 0.467. The minimum atomic E-state index is -0.804. The maximum Gasteiger partial charge on any atom is 0.307 e. The number of halogens is 2. The van der Waals surface area contributed by atoms with Gasteiger partial charge in [-0.05, 0) is 0 Å². The largest absolute Gasteiger partial charge is 0.469 e. The molecule has 0 spiro atoms. The van der Waals surface area contributed by atoms with Crippen molar-refractivity contribution in [3.8, 4) is 0 Å². The highest BCUT2D eigenvalue weighted by Gasteiger charge is 2.30. The molecule has 1 rings (SSSR count). The zero-order valence-electron chi connectivity index (χ0n) is 14.9. The fourth-order valence-corrected chi connectivity index (χ4v) is 3.23. The number of esters is 1. The van der Waals surface area contributed by atoms with Crippen LogP contribution in [0.1, 0.15) is 16.8 Å². The molecule has 0 heterocycles. The van der Waals surface area contributed by atoms with Crippen LogP contribution in [0.5, 0.6) is 0 Å². The summed E-state index contributed by atoms with van der Waals surface area (Å²) in [6, 6.07) is 1.82. The molecule has 0 aliphatic rings. The van der Waals surface area contributed by atoms with Crippen LogP contribution in [0, 0.1) is 20.2 Å². The van der Waals surface area contributed by atoms with Gasteiger partial charge in [0.05, 0.1) is 35.0 Å². The topological polar surface area (TPSA) is 145 Å². The molecule has 0 atom stereocenters. The quantitative estimate of drug-likeness (QED) is 0.200. The number of methoxy groups -OCH3 is 1. The number of amides is 1. The minimum Gasteiger partial charge on any atom is -0.469 e. The molecule has 0 aliphatic heterocycles. The number of nitrogens with zero attached hydrogens (tertiary/aromatic N) is 3. The van der Waals surface area contributed by atoms with Gasteiger partial charge in [0, 0.05) is 36.4 Å². The van der Waals surface area contributed by atoms with Crippen molar-refractivity contribution in [1.82, 2.24) is 5.32 Å². The first kappa shape index (κ1) is 23.8. The number of alkyl halides is 2. The number of rotatable bonds is 11. The first-order valence-electron chi connectivity index (χ1n) is 7.95. The van der Waals surface area contributed by atoms with Crippen LogP contribution in [-0.2, 0) is 9.53 Å². The van der Waals surface area contributed by atoms with Crippen LogP contribution in [0.25, 0.3) is 0 Å². The van der Waals surface area contributed by atoms with E-state index < -0.39 is 33.1 Å². The molecule has 0 radical (unpaired) electrons. The maximum absolute atomic E-state index is 12.6. The first-order valence-corrected chi connectivity index (χ1v) is 10.2.